The van der Waals surface area contributed by atoms with E-state index >= 15 is 0 Å². The van der Waals surface area contributed by atoms with Crippen LogP contribution in [-0.4, -0.2) is 36.5 Å². The molecule has 0 aliphatic carbocycles. The molecule has 182 valence electrons. The summed E-state index contributed by atoms with van der Waals surface area (Å²) in [5.74, 6) is 1.34. The number of pyridine rings is 1. The Balaban J connectivity index is 1.34. The van der Waals surface area contributed by atoms with Crippen molar-refractivity contribution < 1.29 is 14.3 Å². The first kappa shape index (κ1) is 24.3. The van der Waals surface area contributed by atoms with Crippen LogP contribution in [0.3, 0.4) is 0 Å². The molecule has 1 aromatic heterocycles. The Bertz CT molecular complexity index is 1190. The van der Waals surface area contributed by atoms with Gasteiger partial charge >= 0.3 is 0 Å². The highest BCUT2D eigenvalue weighted by molar-refractivity contribution is 6.04. The number of anilines is 3. The summed E-state index contributed by atoms with van der Waals surface area (Å²) in [4.78, 5) is 32.2. The zero-order valence-corrected chi connectivity index (χ0v) is 20.5. The van der Waals surface area contributed by atoms with E-state index < -0.39 is 0 Å². The van der Waals surface area contributed by atoms with Crippen LogP contribution < -0.4 is 20.3 Å². The zero-order chi connectivity index (χ0) is 24.8. The van der Waals surface area contributed by atoms with Crippen LogP contribution in [0.5, 0.6) is 5.75 Å². The third kappa shape index (κ3) is 6.18. The molecule has 1 saturated heterocycles. The average Bonchev–Trinajstić information content (AvgIpc) is 2.87. The Kier molecular flexibility index (Phi) is 7.65. The number of hydrogen-bond donors (Lipinski definition) is 2. The van der Waals surface area contributed by atoms with Gasteiger partial charge in [0, 0.05) is 42.1 Å². The van der Waals surface area contributed by atoms with Gasteiger partial charge in [0.05, 0.1) is 6.61 Å². The van der Waals surface area contributed by atoms with Crippen molar-refractivity contribution in [2.75, 3.05) is 35.2 Å². The van der Waals surface area contributed by atoms with Gasteiger partial charge in [0.25, 0.3) is 5.91 Å². The van der Waals surface area contributed by atoms with Gasteiger partial charge in [0.2, 0.25) is 5.91 Å². The number of carbonyl (C=O) groups excluding carboxylic acids is 2. The van der Waals surface area contributed by atoms with Gasteiger partial charge in [-0.25, -0.2) is 4.98 Å². The summed E-state index contributed by atoms with van der Waals surface area (Å²) in [6.07, 6.45) is 3.13. The van der Waals surface area contributed by atoms with E-state index in [4.69, 9.17) is 4.74 Å². The minimum atomic E-state index is -0.194. The van der Waals surface area contributed by atoms with Gasteiger partial charge in [0.1, 0.15) is 11.6 Å². The molecular formula is C28H32N4O3. The Hall–Kier alpha value is -3.87. The van der Waals surface area contributed by atoms with E-state index in [1.807, 2.05) is 63.2 Å². The molecule has 7 nitrogen and oxygen atoms in total. The van der Waals surface area contributed by atoms with Gasteiger partial charge in [-0.2, -0.15) is 0 Å². The number of rotatable bonds is 7. The van der Waals surface area contributed by atoms with E-state index in [1.165, 1.54) is 0 Å². The minimum Gasteiger partial charge on any atom is -0.494 e. The number of amides is 2. The number of benzene rings is 2. The molecular weight excluding hydrogens is 440 g/mol. The molecule has 0 atom stereocenters. The van der Waals surface area contributed by atoms with Crippen molar-refractivity contribution >= 4 is 29.0 Å². The topological polar surface area (TPSA) is 83.6 Å². The highest BCUT2D eigenvalue weighted by atomic mass is 16.5. The van der Waals surface area contributed by atoms with E-state index in [1.54, 1.807) is 18.3 Å². The standard InChI is InChI=1S/C28H32N4O3/c1-4-35-24-9-7-23(8-10-24)30-28(34)22-11-14-29-26(18-22)32-15-12-21(13-16-32)27(33)31-25-17-19(2)5-6-20(25)3/h5-11,14,17-18,21H,4,12-13,15-16H2,1-3H3,(H,30,34)(H,31,33). The van der Waals surface area contributed by atoms with Crippen LogP contribution in [0.4, 0.5) is 17.2 Å². The third-order valence-corrected chi connectivity index (χ3v) is 6.27. The van der Waals surface area contributed by atoms with Gasteiger partial charge in [-0.1, -0.05) is 12.1 Å². The Morgan fingerprint density at radius 2 is 1.74 bits per heavy atom. The maximum atomic E-state index is 12.8. The molecule has 0 spiro atoms. The van der Waals surface area contributed by atoms with Crippen LogP contribution >= 0.6 is 0 Å². The van der Waals surface area contributed by atoms with E-state index in [0.717, 1.165) is 41.2 Å². The lowest BCUT2D eigenvalue weighted by atomic mass is 9.95. The monoisotopic (exact) mass is 472 g/mol. The van der Waals surface area contributed by atoms with Crippen LogP contribution in [0.15, 0.2) is 60.8 Å². The number of nitrogens with zero attached hydrogens (tertiary/aromatic N) is 2. The molecule has 1 aliphatic rings. The van der Waals surface area contributed by atoms with Gasteiger partial charge in [-0.15, -0.1) is 0 Å². The van der Waals surface area contributed by atoms with E-state index in [0.29, 0.717) is 30.9 Å². The number of nitrogens with one attached hydrogen (secondary N) is 2. The third-order valence-electron chi connectivity index (χ3n) is 6.27. The molecule has 2 heterocycles. The van der Waals surface area contributed by atoms with Crippen molar-refractivity contribution in [3.63, 3.8) is 0 Å². The van der Waals surface area contributed by atoms with Crippen LogP contribution in [0.25, 0.3) is 0 Å². The largest absolute Gasteiger partial charge is 0.494 e. The smallest absolute Gasteiger partial charge is 0.255 e. The van der Waals surface area contributed by atoms with Crippen LogP contribution in [-0.2, 0) is 4.79 Å². The lowest BCUT2D eigenvalue weighted by Gasteiger charge is -2.32. The Morgan fingerprint density at radius 1 is 1.00 bits per heavy atom. The minimum absolute atomic E-state index is 0.0442. The van der Waals surface area contributed by atoms with Crippen molar-refractivity contribution in [1.82, 2.24) is 4.98 Å². The fourth-order valence-electron chi connectivity index (χ4n) is 4.21. The van der Waals surface area contributed by atoms with Crippen LogP contribution in [0.2, 0.25) is 0 Å². The van der Waals surface area contributed by atoms with Gasteiger partial charge in [-0.05, 0) is 87.2 Å². The van der Waals surface area contributed by atoms with Crippen molar-refractivity contribution in [3.8, 4) is 5.75 Å². The molecule has 1 aliphatic heterocycles. The molecule has 2 N–H and O–H groups in total. The first-order valence-electron chi connectivity index (χ1n) is 12.1. The van der Waals surface area contributed by atoms with E-state index in [2.05, 4.69) is 20.5 Å². The number of carbonyl (C=O) groups is 2. The number of aromatic nitrogens is 1. The zero-order valence-electron chi connectivity index (χ0n) is 20.5. The first-order chi connectivity index (χ1) is 16.9. The van der Waals surface area contributed by atoms with E-state index in [-0.39, 0.29) is 17.7 Å². The summed E-state index contributed by atoms with van der Waals surface area (Å²) in [7, 11) is 0. The summed E-state index contributed by atoms with van der Waals surface area (Å²) < 4.78 is 5.44. The fraction of sp³-hybridized carbons (Fsp3) is 0.321. The molecule has 7 heteroatoms. The molecule has 3 aromatic rings. The fourth-order valence-corrected chi connectivity index (χ4v) is 4.21. The second kappa shape index (κ2) is 11.0. The molecule has 0 radical (unpaired) electrons. The second-order valence-corrected chi connectivity index (χ2v) is 8.88. The highest BCUT2D eigenvalue weighted by Gasteiger charge is 2.26. The van der Waals surface area contributed by atoms with Gasteiger partial charge in [0.15, 0.2) is 0 Å². The number of piperidine rings is 1. The van der Waals surface area contributed by atoms with Crippen molar-refractivity contribution in [3.05, 3.63) is 77.5 Å². The maximum Gasteiger partial charge on any atom is 0.255 e. The van der Waals surface area contributed by atoms with Crippen LogP contribution in [0, 0.1) is 19.8 Å². The summed E-state index contributed by atoms with van der Waals surface area (Å²) in [6.45, 7) is 7.97. The predicted molar refractivity (Wildman–Crippen MR) is 139 cm³/mol. The average molecular weight is 473 g/mol. The molecule has 4 rings (SSSR count). The molecule has 2 amide bonds. The summed E-state index contributed by atoms with van der Waals surface area (Å²) in [6, 6.07) is 16.9. The Morgan fingerprint density at radius 3 is 2.46 bits per heavy atom. The highest BCUT2D eigenvalue weighted by Crippen LogP contribution is 2.25. The summed E-state index contributed by atoms with van der Waals surface area (Å²) in [5.41, 5.74) is 4.31. The van der Waals surface area contributed by atoms with Crippen LogP contribution in [0.1, 0.15) is 41.3 Å². The number of aryl methyl sites for hydroxylation is 2. The summed E-state index contributed by atoms with van der Waals surface area (Å²) in [5, 5.41) is 6.02. The SMILES string of the molecule is CCOc1ccc(NC(=O)c2ccnc(N3CCC(C(=O)Nc4cc(C)ccc4C)CC3)c2)cc1. The number of hydrogen-bond acceptors (Lipinski definition) is 5. The quantitative estimate of drug-likeness (QED) is 0.494. The lowest BCUT2D eigenvalue weighted by molar-refractivity contribution is -0.120. The van der Waals surface area contributed by atoms with Gasteiger partial charge in [-0.3, -0.25) is 9.59 Å². The van der Waals surface area contributed by atoms with Crippen molar-refractivity contribution in [1.29, 1.82) is 0 Å². The molecule has 0 unspecified atom stereocenters. The molecule has 0 saturated carbocycles. The molecule has 2 aromatic carbocycles. The first-order valence-corrected chi connectivity index (χ1v) is 12.1. The van der Waals surface area contributed by atoms with E-state index in [9.17, 15) is 9.59 Å². The lowest BCUT2D eigenvalue weighted by Crippen LogP contribution is -2.38. The molecule has 1 fully saturated rings. The van der Waals surface area contributed by atoms with Crippen molar-refractivity contribution in [2.45, 2.75) is 33.6 Å². The van der Waals surface area contributed by atoms with Gasteiger partial charge < -0.3 is 20.3 Å². The molecule has 0 bridgehead atoms. The maximum absolute atomic E-state index is 12.8. The number of ether oxygens (including phenoxy) is 1. The Labute approximate surface area is 206 Å². The normalized spacial score (nSPS) is 13.9. The predicted octanol–water partition coefficient (Wildman–Crippen LogP) is 5.20. The molecule has 35 heavy (non-hydrogen) atoms. The summed E-state index contributed by atoms with van der Waals surface area (Å²) >= 11 is 0. The second-order valence-electron chi connectivity index (χ2n) is 8.88. The van der Waals surface area contributed by atoms with Crippen molar-refractivity contribution in [2.24, 2.45) is 5.92 Å².